The van der Waals surface area contributed by atoms with Gasteiger partial charge in [-0.25, -0.2) is 14.7 Å². The Balaban J connectivity index is 1.38. The van der Waals surface area contributed by atoms with Crippen LogP contribution in [0.1, 0.15) is 32.6 Å². The van der Waals surface area contributed by atoms with E-state index < -0.39 is 17.8 Å². The van der Waals surface area contributed by atoms with Gasteiger partial charge in [-0.1, -0.05) is 25.8 Å². The summed E-state index contributed by atoms with van der Waals surface area (Å²) in [6.07, 6.45) is 5.84. The van der Waals surface area contributed by atoms with Crippen molar-refractivity contribution in [1.29, 1.82) is 0 Å². The van der Waals surface area contributed by atoms with Crippen molar-refractivity contribution in [2.45, 2.75) is 38.6 Å². The molecule has 0 aromatic carbocycles. The van der Waals surface area contributed by atoms with Crippen LogP contribution in [-0.2, 0) is 9.59 Å². The average molecular weight is 387 g/mol. The molecule has 2 atom stereocenters. The summed E-state index contributed by atoms with van der Waals surface area (Å²) >= 11 is 0. The number of carbonyl (C=O) groups is 3. The molecule has 0 unspecified atom stereocenters. The molecule has 1 saturated carbocycles. The second kappa shape index (κ2) is 7.87. The second-order valence-electron chi connectivity index (χ2n) is 8.16. The fourth-order valence-corrected chi connectivity index (χ4v) is 4.66. The van der Waals surface area contributed by atoms with Gasteiger partial charge >= 0.3 is 17.8 Å². The van der Waals surface area contributed by atoms with Gasteiger partial charge in [0.1, 0.15) is 26.2 Å². The van der Waals surface area contributed by atoms with E-state index in [0.29, 0.717) is 0 Å². The first kappa shape index (κ1) is 18.9. The molecule has 4 rings (SSSR count). The molecule has 0 bridgehead atoms. The third-order valence-electron chi connectivity index (χ3n) is 6.37. The lowest BCUT2D eigenvalue weighted by Gasteiger charge is -2.34. The molecule has 1 aromatic heterocycles. The summed E-state index contributed by atoms with van der Waals surface area (Å²) < 4.78 is 0. The van der Waals surface area contributed by atoms with Crippen LogP contribution in [0, 0.1) is 5.92 Å². The molecule has 28 heavy (non-hydrogen) atoms. The topological polar surface area (TPSA) is 79.5 Å². The van der Waals surface area contributed by atoms with Gasteiger partial charge in [0, 0.05) is 12.1 Å². The van der Waals surface area contributed by atoms with Gasteiger partial charge in [0.25, 0.3) is 5.82 Å². The van der Waals surface area contributed by atoms with Crippen LogP contribution in [0.5, 0.6) is 0 Å². The number of nitrogens with zero attached hydrogens (tertiary/aromatic N) is 3. The van der Waals surface area contributed by atoms with Crippen molar-refractivity contribution in [2.24, 2.45) is 5.92 Å². The van der Waals surface area contributed by atoms with Crippen LogP contribution in [0.2, 0.25) is 0 Å². The van der Waals surface area contributed by atoms with Crippen molar-refractivity contribution in [1.82, 2.24) is 9.80 Å². The van der Waals surface area contributed by atoms with Crippen molar-refractivity contribution in [2.75, 3.05) is 37.7 Å². The van der Waals surface area contributed by atoms with Crippen molar-refractivity contribution < 1.29 is 24.3 Å². The number of carbonyl (C=O) groups excluding carboxylic acids is 3. The van der Waals surface area contributed by atoms with Crippen molar-refractivity contribution in [3.05, 3.63) is 24.4 Å². The first-order valence-electron chi connectivity index (χ1n) is 10.3. The molecule has 8 nitrogen and oxygen atoms in total. The highest BCUT2D eigenvalue weighted by atomic mass is 16.2. The van der Waals surface area contributed by atoms with E-state index in [9.17, 15) is 14.4 Å². The molecular formula is C20H29N5O3+2. The minimum absolute atomic E-state index is 0.136. The Hall–Kier alpha value is -2.48. The number of rotatable bonds is 4. The number of aromatic amines is 1. The van der Waals surface area contributed by atoms with Crippen LogP contribution in [0.3, 0.4) is 0 Å². The number of quaternary nitrogens is 1. The van der Waals surface area contributed by atoms with Crippen LogP contribution >= 0.6 is 0 Å². The molecular weight excluding hydrogens is 358 g/mol. The van der Waals surface area contributed by atoms with Crippen molar-refractivity contribution in [3.63, 3.8) is 0 Å². The van der Waals surface area contributed by atoms with Crippen LogP contribution < -0.4 is 14.8 Å². The van der Waals surface area contributed by atoms with E-state index in [2.05, 4.69) is 16.8 Å². The summed E-state index contributed by atoms with van der Waals surface area (Å²) in [4.78, 5) is 47.0. The molecule has 3 aliphatic rings. The lowest BCUT2D eigenvalue weighted by molar-refractivity contribution is -0.908. The van der Waals surface area contributed by atoms with E-state index in [-0.39, 0.29) is 18.6 Å². The van der Waals surface area contributed by atoms with Gasteiger partial charge in [-0.3, -0.25) is 19.4 Å². The maximum atomic E-state index is 12.9. The number of H-pyrrole nitrogens is 1. The molecule has 2 N–H and O–H groups in total. The summed E-state index contributed by atoms with van der Waals surface area (Å²) in [5, 5.41) is 0. The highest BCUT2D eigenvalue weighted by Crippen LogP contribution is 2.30. The summed E-state index contributed by atoms with van der Waals surface area (Å²) in [7, 11) is 0. The summed E-state index contributed by atoms with van der Waals surface area (Å²) in [6.45, 7) is 5.64. The smallest absolute Gasteiger partial charge is 0.311 e. The zero-order valence-corrected chi connectivity index (χ0v) is 16.4. The van der Waals surface area contributed by atoms with Gasteiger partial charge in [-0.2, -0.15) is 0 Å². The highest BCUT2D eigenvalue weighted by molar-refractivity contribution is 6.44. The van der Waals surface area contributed by atoms with Crippen molar-refractivity contribution in [3.8, 4) is 0 Å². The normalized spacial score (nSPS) is 27.0. The second-order valence-corrected chi connectivity index (χ2v) is 8.16. The Morgan fingerprint density at radius 3 is 2.50 bits per heavy atom. The lowest BCUT2D eigenvalue weighted by Crippen LogP contribution is -3.16. The molecule has 2 saturated heterocycles. The molecule has 0 spiro atoms. The van der Waals surface area contributed by atoms with E-state index in [1.807, 2.05) is 24.4 Å². The molecule has 150 valence electrons. The number of hydrogen-bond donors (Lipinski definition) is 1. The summed E-state index contributed by atoms with van der Waals surface area (Å²) in [6, 6.07) is 5.44. The average Bonchev–Trinajstić information content (AvgIpc) is 2.93. The van der Waals surface area contributed by atoms with E-state index >= 15 is 0 Å². The number of urea groups is 1. The molecule has 0 radical (unpaired) electrons. The molecule has 1 aliphatic carbocycles. The standard InChI is InChI=1S/C20H27N5O3/c1-15-6-2-3-7-16(15)25-19(27)18(26)24(20(25)28)14-22-10-12-23(13-11-22)17-8-4-5-9-21-17/h4-5,8-9,15-16H,2-3,6-7,10-14H2,1H3/p+2/t15-,16-/m1/s1. The van der Waals surface area contributed by atoms with E-state index in [4.69, 9.17) is 0 Å². The van der Waals surface area contributed by atoms with Gasteiger partial charge in [-0.15, -0.1) is 0 Å². The van der Waals surface area contributed by atoms with Gasteiger partial charge < -0.3 is 4.90 Å². The third-order valence-corrected chi connectivity index (χ3v) is 6.37. The van der Waals surface area contributed by atoms with Crippen LogP contribution in [0.4, 0.5) is 10.6 Å². The van der Waals surface area contributed by atoms with Crippen LogP contribution in [0.25, 0.3) is 0 Å². The van der Waals surface area contributed by atoms with E-state index in [1.54, 1.807) is 0 Å². The summed E-state index contributed by atoms with van der Waals surface area (Å²) in [5.74, 6) is 0.0321. The van der Waals surface area contributed by atoms with Gasteiger partial charge in [0.15, 0.2) is 6.67 Å². The number of hydrogen-bond acceptors (Lipinski definition) is 4. The molecule has 3 fully saturated rings. The SMILES string of the molecule is C[C@@H]1CCCC[C@H]1N1C(=O)C(=O)N(C[NH+]2CCN(c3cccc[nH+]3)CC2)C1=O. The third kappa shape index (κ3) is 3.48. The van der Waals surface area contributed by atoms with Crippen LogP contribution in [-0.4, -0.2) is 66.5 Å². The number of nitrogens with one attached hydrogen (secondary N) is 2. The van der Waals surface area contributed by atoms with Crippen molar-refractivity contribution >= 4 is 23.7 Å². The minimum atomic E-state index is -0.658. The molecule has 1 aromatic rings. The summed E-state index contributed by atoms with van der Waals surface area (Å²) in [5.41, 5.74) is 0. The Labute approximate surface area is 165 Å². The Morgan fingerprint density at radius 1 is 1.07 bits per heavy atom. The van der Waals surface area contributed by atoms with Gasteiger partial charge in [0.2, 0.25) is 0 Å². The largest absolute Gasteiger partial charge is 0.338 e. The zero-order chi connectivity index (χ0) is 19.7. The monoisotopic (exact) mass is 387 g/mol. The highest BCUT2D eigenvalue weighted by Gasteiger charge is 2.50. The Kier molecular flexibility index (Phi) is 5.30. The first-order valence-corrected chi connectivity index (χ1v) is 10.3. The molecule has 8 heteroatoms. The fraction of sp³-hybridized carbons (Fsp3) is 0.600. The molecule has 2 aliphatic heterocycles. The quantitative estimate of drug-likeness (QED) is 0.560. The zero-order valence-electron chi connectivity index (χ0n) is 16.4. The minimum Gasteiger partial charge on any atom is -0.311 e. The Morgan fingerprint density at radius 2 is 1.82 bits per heavy atom. The lowest BCUT2D eigenvalue weighted by atomic mass is 9.85. The molecule has 3 heterocycles. The molecule has 4 amide bonds. The first-order chi connectivity index (χ1) is 13.6. The van der Waals surface area contributed by atoms with Gasteiger partial charge in [-0.05, 0) is 24.8 Å². The number of imide groups is 2. The maximum Gasteiger partial charge on any atom is 0.338 e. The number of amides is 4. The predicted molar refractivity (Wildman–Crippen MR) is 101 cm³/mol. The number of pyridine rings is 1. The fourth-order valence-electron chi connectivity index (χ4n) is 4.66. The number of aromatic nitrogens is 1. The number of piperazine rings is 1. The van der Waals surface area contributed by atoms with Gasteiger partial charge in [0.05, 0.1) is 6.20 Å². The van der Waals surface area contributed by atoms with E-state index in [1.165, 1.54) is 9.80 Å². The van der Waals surface area contributed by atoms with Crippen LogP contribution in [0.15, 0.2) is 24.4 Å². The number of anilines is 1. The maximum absolute atomic E-state index is 12.9. The predicted octanol–water partition coefficient (Wildman–Crippen LogP) is -0.467. The van der Waals surface area contributed by atoms with E-state index in [0.717, 1.165) is 62.6 Å². The Bertz CT molecular complexity index is 747.